The van der Waals surface area contributed by atoms with Crippen molar-refractivity contribution in [2.45, 2.75) is 5.41 Å². The van der Waals surface area contributed by atoms with Gasteiger partial charge in [0.05, 0.1) is 27.8 Å². The Kier molecular flexibility index (Phi) is 8.28. The van der Waals surface area contributed by atoms with Crippen LogP contribution in [0.1, 0.15) is 22.3 Å². The fraction of sp³-hybridized carbons (Fsp3) is 0.0149. The van der Waals surface area contributed by atoms with Gasteiger partial charge in [-0.15, -0.1) is 0 Å². The third-order valence-corrected chi connectivity index (χ3v) is 15.2. The summed E-state index contributed by atoms with van der Waals surface area (Å²) in [5.41, 5.74) is 23.2. The monoisotopic (exact) mass is 890 g/mol. The van der Waals surface area contributed by atoms with Crippen molar-refractivity contribution in [3.05, 3.63) is 277 Å². The van der Waals surface area contributed by atoms with E-state index >= 15 is 0 Å². The Hall–Kier alpha value is -9.18. The SMILES string of the molecule is c1ccc(-c2ccc(-c3ccccc3N(c3ccc(-c4ccc5oc6ccccc6c5c4)cc3)c3ccc4c(c3)c3cccc5c3n4-c3ccccc3C53c4ccccc4-c4ccccc43)cc2)cc1. The van der Waals surface area contributed by atoms with E-state index < -0.39 is 5.41 Å². The van der Waals surface area contributed by atoms with Crippen molar-refractivity contribution in [1.29, 1.82) is 0 Å². The van der Waals surface area contributed by atoms with E-state index in [1.54, 1.807) is 0 Å². The quantitative estimate of drug-likeness (QED) is 0.166. The first kappa shape index (κ1) is 38.9. The lowest BCUT2D eigenvalue weighted by atomic mass is 9.65. The number of para-hydroxylation sites is 4. The maximum Gasteiger partial charge on any atom is 0.135 e. The van der Waals surface area contributed by atoms with E-state index in [-0.39, 0.29) is 0 Å². The second-order valence-electron chi connectivity index (χ2n) is 18.7. The van der Waals surface area contributed by atoms with Gasteiger partial charge in [0.15, 0.2) is 0 Å². The summed E-state index contributed by atoms with van der Waals surface area (Å²) in [5, 5.41) is 4.71. The summed E-state index contributed by atoms with van der Waals surface area (Å²) in [6.45, 7) is 0. The molecule has 0 fully saturated rings. The molecular weight excluding hydrogens is 849 g/mol. The smallest absolute Gasteiger partial charge is 0.135 e. The lowest BCUT2D eigenvalue weighted by Gasteiger charge is -2.39. The molecule has 326 valence electrons. The molecule has 0 unspecified atom stereocenters. The molecule has 1 aliphatic carbocycles. The van der Waals surface area contributed by atoms with Crippen LogP contribution in [0.4, 0.5) is 17.1 Å². The zero-order valence-electron chi connectivity index (χ0n) is 38.1. The second kappa shape index (κ2) is 14.9. The third-order valence-electron chi connectivity index (χ3n) is 15.2. The van der Waals surface area contributed by atoms with E-state index in [2.05, 4.69) is 252 Å². The van der Waals surface area contributed by atoms with Gasteiger partial charge in [0.2, 0.25) is 0 Å². The maximum atomic E-state index is 6.21. The Morgan fingerprint density at radius 2 is 0.886 bits per heavy atom. The van der Waals surface area contributed by atoms with Crippen LogP contribution in [0.25, 0.3) is 93.9 Å². The number of hydrogen-bond donors (Lipinski definition) is 0. The van der Waals surface area contributed by atoms with Gasteiger partial charge in [-0.3, -0.25) is 0 Å². The number of aromatic nitrogens is 1. The lowest BCUT2D eigenvalue weighted by molar-refractivity contribution is 0.669. The van der Waals surface area contributed by atoms with Gasteiger partial charge in [-0.05, 0) is 122 Å². The van der Waals surface area contributed by atoms with Crippen LogP contribution in [0.3, 0.4) is 0 Å². The summed E-state index contributed by atoms with van der Waals surface area (Å²) >= 11 is 0. The highest BCUT2D eigenvalue weighted by atomic mass is 16.3. The van der Waals surface area contributed by atoms with Crippen molar-refractivity contribution < 1.29 is 4.42 Å². The van der Waals surface area contributed by atoms with Crippen LogP contribution < -0.4 is 4.90 Å². The average Bonchev–Trinajstić information content (AvgIpc) is 4.08. The van der Waals surface area contributed by atoms with Crippen molar-refractivity contribution in [2.24, 2.45) is 0 Å². The largest absolute Gasteiger partial charge is 0.456 e. The van der Waals surface area contributed by atoms with Crippen molar-refractivity contribution >= 4 is 60.8 Å². The first-order valence-electron chi connectivity index (χ1n) is 24.2. The lowest BCUT2D eigenvalue weighted by Crippen LogP contribution is -2.33. The molecule has 3 heterocycles. The highest BCUT2D eigenvalue weighted by Gasteiger charge is 2.50. The van der Waals surface area contributed by atoms with Gasteiger partial charge in [0.25, 0.3) is 0 Å². The highest BCUT2D eigenvalue weighted by Crippen LogP contribution is 2.61. The highest BCUT2D eigenvalue weighted by molar-refractivity contribution is 6.14. The molecular formula is C67H42N2O. The van der Waals surface area contributed by atoms with Crippen LogP contribution in [-0.4, -0.2) is 4.57 Å². The molecule has 1 spiro atoms. The minimum Gasteiger partial charge on any atom is -0.456 e. The number of nitrogens with zero attached hydrogens (tertiary/aromatic N) is 2. The third kappa shape index (κ3) is 5.46. The standard InChI is InChI=1S/C67H42N2O/c1-2-15-43(16-3-1)44-29-31-46(32-30-44)50-17-6-11-26-61(50)68(48-36-33-45(34-37-48)47-35-40-65-56(41-47)53-20-7-13-28-64(53)70-65)49-38-39-62-55(42-49)54-21-14-25-60-66(54)69(62)63-27-12-10-24-59(63)67(60)57-22-8-4-18-51(57)52-19-5-9-23-58(52)67/h1-42H. The molecule has 0 atom stereocenters. The van der Waals surface area contributed by atoms with Crippen LogP contribution in [0.15, 0.2) is 259 Å². The number of rotatable bonds is 6. The Bertz CT molecular complexity index is 4190. The van der Waals surface area contributed by atoms with Crippen LogP contribution in [0.2, 0.25) is 0 Å². The van der Waals surface area contributed by atoms with Crippen LogP contribution >= 0.6 is 0 Å². The molecule has 70 heavy (non-hydrogen) atoms. The van der Waals surface area contributed by atoms with E-state index in [9.17, 15) is 0 Å². The van der Waals surface area contributed by atoms with Gasteiger partial charge in [-0.25, -0.2) is 0 Å². The molecule has 2 aliphatic rings. The fourth-order valence-electron chi connectivity index (χ4n) is 12.2. The van der Waals surface area contributed by atoms with E-state index in [0.717, 1.165) is 61.3 Å². The maximum absolute atomic E-state index is 6.21. The predicted molar refractivity (Wildman–Crippen MR) is 290 cm³/mol. The van der Waals surface area contributed by atoms with Gasteiger partial charge < -0.3 is 13.9 Å². The Morgan fingerprint density at radius 1 is 0.329 bits per heavy atom. The second-order valence-corrected chi connectivity index (χ2v) is 18.7. The van der Waals surface area contributed by atoms with Gasteiger partial charge in [-0.2, -0.15) is 0 Å². The molecule has 0 N–H and O–H groups in total. The van der Waals surface area contributed by atoms with Crippen molar-refractivity contribution in [1.82, 2.24) is 4.57 Å². The summed E-state index contributed by atoms with van der Waals surface area (Å²) in [6.07, 6.45) is 0. The first-order chi connectivity index (χ1) is 34.7. The molecule has 13 aromatic rings. The number of anilines is 3. The molecule has 0 bridgehead atoms. The summed E-state index contributed by atoms with van der Waals surface area (Å²) in [5.74, 6) is 0. The van der Waals surface area contributed by atoms with E-state index in [1.165, 1.54) is 72.0 Å². The Morgan fingerprint density at radius 3 is 1.69 bits per heavy atom. The topological polar surface area (TPSA) is 21.3 Å². The molecule has 3 nitrogen and oxygen atoms in total. The van der Waals surface area contributed by atoms with Crippen LogP contribution in [0.5, 0.6) is 0 Å². The van der Waals surface area contributed by atoms with Gasteiger partial charge >= 0.3 is 0 Å². The van der Waals surface area contributed by atoms with Gasteiger partial charge in [-0.1, -0.05) is 194 Å². The van der Waals surface area contributed by atoms with Crippen molar-refractivity contribution in [2.75, 3.05) is 4.90 Å². The molecule has 11 aromatic carbocycles. The van der Waals surface area contributed by atoms with Crippen molar-refractivity contribution in [3.8, 4) is 50.2 Å². The molecule has 1 aliphatic heterocycles. The molecule has 0 radical (unpaired) electrons. The Balaban J connectivity index is 0.935. The Labute approximate surface area is 405 Å². The minimum absolute atomic E-state index is 0.464. The van der Waals surface area contributed by atoms with Crippen LogP contribution in [-0.2, 0) is 5.41 Å². The first-order valence-corrected chi connectivity index (χ1v) is 24.2. The van der Waals surface area contributed by atoms with Crippen LogP contribution in [0, 0.1) is 0 Å². The summed E-state index contributed by atoms with van der Waals surface area (Å²) < 4.78 is 8.74. The molecule has 15 rings (SSSR count). The minimum atomic E-state index is -0.464. The van der Waals surface area contributed by atoms with E-state index in [0.29, 0.717) is 0 Å². The van der Waals surface area contributed by atoms with Gasteiger partial charge in [0.1, 0.15) is 11.2 Å². The molecule has 2 aromatic heterocycles. The fourth-order valence-corrected chi connectivity index (χ4v) is 12.2. The summed E-state index contributed by atoms with van der Waals surface area (Å²) in [6, 6.07) is 93.6. The number of furan rings is 1. The normalized spacial score (nSPS) is 13.0. The molecule has 3 heteroatoms. The average molecular weight is 891 g/mol. The summed E-state index contributed by atoms with van der Waals surface area (Å²) in [4.78, 5) is 2.45. The number of hydrogen-bond acceptors (Lipinski definition) is 2. The summed E-state index contributed by atoms with van der Waals surface area (Å²) in [7, 11) is 0. The number of fused-ring (bicyclic) bond motifs is 15. The van der Waals surface area contributed by atoms with E-state index in [1.807, 2.05) is 12.1 Å². The molecule has 0 saturated heterocycles. The van der Waals surface area contributed by atoms with Crippen molar-refractivity contribution in [3.63, 3.8) is 0 Å². The van der Waals surface area contributed by atoms with E-state index in [4.69, 9.17) is 4.42 Å². The number of benzene rings is 11. The zero-order chi connectivity index (χ0) is 45.9. The molecule has 0 amide bonds. The van der Waals surface area contributed by atoms with Gasteiger partial charge in [0, 0.05) is 38.5 Å². The zero-order valence-corrected chi connectivity index (χ0v) is 38.1. The predicted octanol–water partition coefficient (Wildman–Crippen LogP) is 17.8. The molecule has 0 saturated carbocycles.